The Bertz CT molecular complexity index is 1100. The van der Waals surface area contributed by atoms with Crippen molar-refractivity contribution in [1.29, 1.82) is 0 Å². The lowest BCUT2D eigenvalue weighted by Gasteiger charge is -2.38. The van der Waals surface area contributed by atoms with Crippen LogP contribution < -0.4 is 5.73 Å². The number of aromatic carboxylic acids is 1. The van der Waals surface area contributed by atoms with Crippen LogP contribution >= 0.6 is 12.2 Å². The Balaban J connectivity index is 2.03. The molecule has 7 heteroatoms. The average Bonchev–Trinajstić information content (AvgIpc) is 2.74. The van der Waals surface area contributed by atoms with Crippen molar-refractivity contribution in [3.63, 3.8) is 0 Å². The van der Waals surface area contributed by atoms with E-state index in [4.69, 9.17) is 22.9 Å². The Kier molecular flexibility index (Phi) is 5.76. The molecule has 0 saturated carbocycles. The van der Waals surface area contributed by atoms with E-state index in [-0.39, 0.29) is 10.6 Å². The van der Waals surface area contributed by atoms with Crippen LogP contribution in [-0.4, -0.2) is 64.1 Å². The number of benzene rings is 2. The predicted octanol–water partition coefficient (Wildman–Crippen LogP) is 3.17. The number of para-hydroxylation sites is 1. The van der Waals surface area contributed by atoms with Crippen molar-refractivity contribution in [1.82, 2.24) is 14.8 Å². The summed E-state index contributed by atoms with van der Waals surface area (Å²) in [6.45, 7) is 3.23. The van der Waals surface area contributed by atoms with E-state index in [1.165, 1.54) is 0 Å². The lowest BCUT2D eigenvalue weighted by Crippen LogP contribution is -2.49. The summed E-state index contributed by atoms with van der Waals surface area (Å²) in [6.07, 6.45) is 0. The minimum Gasteiger partial charge on any atom is -0.478 e. The van der Waals surface area contributed by atoms with Crippen molar-refractivity contribution >= 4 is 34.1 Å². The summed E-state index contributed by atoms with van der Waals surface area (Å²) in [5, 5.41) is 10.9. The summed E-state index contributed by atoms with van der Waals surface area (Å²) in [5.41, 5.74) is 9.14. The summed E-state index contributed by atoms with van der Waals surface area (Å²) < 4.78 is 0. The number of nitrogens with zero attached hydrogens (tertiary/aromatic N) is 3. The van der Waals surface area contributed by atoms with E-state index in [0.717, 1.165) is 31.7 Å². The normalized spacial score (nSPS) is 16.4. The maximum Gasteiger partial charge on any atom is 0.336 e. The molecule has 1 fully saturated rings. The van der Waals surface area contributed by atoms with Gasteiger partial charge in [0.1, 0.15) is 0 Å². The molecule has 4 rings (SSSR count). The third-order valence-electron chi connectivity index (χ3n) is 5.64. The lowest BCUT2D eigenvalue weighted by atomic mass is 9.90. The first-order valence-corrected chi connectivity index (χ1v) is 10.3. The molecular formula is C23H24N4O2S. The highest BCUT2D eigenvalue weighted by molar-refractivity contribution is 7.80. The summed E-state index contributed by atoms with van der Waals surface area (Å²) in [6, 6.07) is 16.5. The van der Waals surface area contributed by atoms with Gasteiger partial charge in [-0.1, -0.05) is 60.7 Å². The number of fused-ring (bicyclic) bond motifs is 1. The van der Waals surface area contributed by atoms with Crippen molar-refractivity contribution < 1.29 is 9.90 Å². The van der Waals surface area contributed by atoms with Crippen LogP contribution in [0.4, 0.5) is 0 Å². The molecule has 0 spiro atoms. The first-order chi connectivity index (χ1) is 14.5. The Hall–Kier alpha value is -2.87. The lowest BCUT2D eigenvalue weighted by molar-refractivity contribution is 0.0694. The zero-order valence-corrected chi connectivity index (χ0v) is 17.6. The molecule has 3 N–H and O–H groups in total. The van der Waals surface area contributed by atoms with Crippen LogP contribution in [0.2, 0.25) is 0 Å². The second-order valence-corrected chi connectivity index (χ2v) is 8.05. The number of carbonyl (C=O) groups is 1. The van der Waals surface area contributed by atoms with Crippen LogP contribution in [0.15, 0.2) is 54.6 Å². The molecule has 6 nitrogen and oxygen atoms in total. The van der Waals surface area contributed by atoms with Gasteiger partial charge in [0.15, 0.2) is 0 Å². The first kappa shape index (κ1) is 20.4. The van der Waals surface area contributed by atoms with Crippen LogP contribution in [-0.2, 0) is 0 Å². The van der Waals surface area contributed by atoms with Crippen LogP contribution in [0.1, 0.15) is 22.0 Å². The monoisotopic (exact) mass is 420 g/mol. The SMILES string of the molecule is CN1CCN(C(C(N)=S)c2c(-c3ccccc3)nc3ccccc3c2C(=O)O)CC1. The molecule has 1 saturated heterocycles. The van der Waals surface area contributed by atoms with E-state index >= 15 is 0 Å². The number of pyridine rings is 1. The van der Waals surface area contributed by atoms with Gasteiger partial charge in [-0.25, -0.2) is 9.78 Å². The number of nitrogens with two attached hydrogens (primary N) is 1. The number of carboxylic acid groups (broad SMARTS) is 1. The molecule has 0 bridgehead atoms. The van der Waals surface area contributed by atoms with Crippen LogP contribution in [0, 0.1) is 0 Å². The van der Waals surface area contributed by atoms with Crippen LogP contribution in [0.5, 0.6) is 0 Å². The number of hydrogen-bond acceptors (Lipinski definition) is 5. The minimum atomic E-state index is -1.00. The molecule has 0 amide bonds. The number of rotatable bonds is 5. The van der Waals surface area contributed by atoms with Gasteiger partial charge in [0, 0.05) is 42.7 Å². The number of carboxylic acids is 1. The maximum atomic E-state index is 12.5. The molecule has 1 unspecified atom stereocenters. The van der Waals surface area contributed by atoms with Crippen molar-refractivity contribution in [3.8, 4) is 11.3 Å². The fourth-order valence-corrected chi connectivity index (χ4v) is 4.39. The summed E-state index contributed by atoms with van der Waals surface area (Å²) in [4.78, 5) is 22.1. The van der Waals surface area contributed by atoms with Gasteiger partial charge < -0.3 is 15.7 Å². The molecule has 1 atom stereocenters. The number of thiocarbonyl (C=S) groups is 1. The minimum absolute atomic E-state index is 0.219. The topological polar surface area (TPSA) is 82.7 Å². The van der Waals surface area contributed by atoms with Crippen LogP contribution in [0.25, 0.3) is 22.2 Å². The molecule has 1 aromatic heterocycles. The largest absolute Gasteiger partial charge is 0.478 e. The van der Waals surface area contributed by atoms with Gasteiger partial charge in [0.25, 0.3) is 0 Å². The van der Waals surface area contributed by atoms with Crippen molar-refractivity contribution in [2.24, 2.45) is 5.73 Å². The highest BCUT2D eigenvalue weighted by Crippen LogP contribution is 2.37. The Morgan fingerprint density at radius 2 is 1.70 bits per heavy atom. The Labute approximate surface area is 180 Å². The van der Waals surface area contributed by atoms with Crippen molar-refractivity contribution in [2.75, 3.05) is 33.2 Å². The molecule has 0 radical (unpaired) electrons. The van der Waals surface area contributed by atoms with Gasteiger partial charge in [-0.05, 0) is 13.1 Å². The van der Waals surface area contributed by atoms with Crippen LogP contribution in [0.3, 0.4) is 0 Å². The van der Waals surface area contributed by atoms with Gasteiger partial charge in [-0.2, -0.15) is 0 Å². The number of likely N-dealkylation sites (N-methyl/N-ethyl adjacent to an activating group) is 1. The highest BCUT2D eigenvalue weighted by atomic mass is 32.1. The van der Waals surface area contributed by atoms with Gasteiger partial charge in [-0.3, -0.25) is 4.90 Å². The smallest absolute Gasteiger partial charge is 0.336 e. The maximum absolute atomic E-state index is 12.5. The first-order valence-electron chi connectivity index (χ1n) is 9.90. The number of aromatic nitrogens is 1. The predicted molar refractivity (Wildman–Crippen MR) is 123 cm³/mol. The summed E-state index contributed by atoms with van der Waals surface area (Å²) in [5.74, 6) is -1.00. The molecule has 1 aliphatic heterocycles. The quantitative estimate of drug-likeness (QED) is 0.614. The van der Waals surface area contributed by atoms with E-state index in [0.29, 0.717) is 22.2 Å². The zero-order chi connectivity index (χ0) is 21.3. The molecule has 30 heavy (non-hydrogen) atoms. The Morgan fingerprint density at radius 3 is 2.33 bits per heavy atom. The van der Waals surface area contributed by atoms with E-state index in [9.17, 15) is 9.90 Å². The molecule has 2 aromatic carbocycles. The number of piperazine rings is 1. The standard InChI is InChI=1S/C23H24N4O2S/c1-26-11-13-27(14-12-26)21(22(24)30)19-18(23(28)29)16-9-5-6-10-17(16)25-20(19)15-7-3-2-4-8-15/h2-10,21H,11-14H2,1H3,(H2,24,30)(H,28,29). The number of hydrogen-bond donors (Lipinski definition) is 2. The van der Waals surface area contributed by atoms with Gasteiger partial charge in [0.2, 0.25) is 0 Å². The van der Waals surface area contributed by atoms with E-state index in [2.05, 4.69) is 16.8 Å². The third-order valence-corrected chi connectivity index (χ3v) is 5.86. The van der Waals surface area contributed by atoms with Gasteiger partial charge >= 0.3 is 5.97 Å². The third kappa shape index (κ3) is 3.79. The molecule has 1 aliphatic rings. The molecule has 154 valence electrons. The molecule has 2 heterocycles. The fourth-order valence-electron chi connectivity index (χ4n) is 4.12. The zero-order valence-electron chi connectivity index (χ0n) is 16.8. The Morgan fingerprint density at radius 1 is 1.07 bits per heavy atom. The molecule has 3 aromatic rings. The van der Waals surface area contributed by atoms with E-state index in [1.54, 1.807) is 6.07 Å². The fraction of sp³-hybridized carbons (Fsp3) is 0.261. The summed E-state index contributed by atoms with van der Waals surface area (Å²) >= 11 is 5.49. The van der Waals surface area contributed by atoms with Crippen molar-refractivity contribution in [2.45, 2.75) is 6.04 Å². The van der Waals surface area contributed by atoms with Crippen molar-refractivity contribution in [3.05, 3.63) is 65.7 Å². The highest BCUT2D eigenvalue weighted by Gasteiger charge is 2.33. The molecular weight excluding hydrogens is 396 g/mol. The second-order valence-electron chi connectivity index (χ2n) is 7.58. The summed E-state index contributed by atoms with van der Waals surface area (Å²) in [7, 11) is 2.07. The van der Waals surface area contributed by atoms with Gasteiger partial charge in [0.05, 0.1) is 27.8 Å². The van der Waals surface area contributed by atoms with E-state index < -0.39 is 12.0 Å². The molecule has 0 aliphatic carbocycles. The van der Waals surface area contributed by atoms with Gasteiger partial charge in [-0.15, -0.1) is 0 Å². The van der Waals surface area contributed by atoms with E-state index in [1.807, 2.05) is 48.5 Å². The average molecular weight is 421 g/mol. The second kappa shape index (κ2) is 8.47.